The van der Waals surface area contributed by atoms with E-state index in [0.717, 1.165) is 11.3 Å². The maximum absolute atomic E-state index is 9.76. The van der Waals surface area contributed by atoms with Gasteiger partial charge in [-0.15, -0.1) is 0 Å². The lowest BCUT2D eigenvalue weighted by Gasteiger charge is -2.16. The lowest BCUT2D eigenvalue weighted by molar-refractivity contribution is 0.0243. The molecule has 0 spiro atoms. The van der Waals surface area contributed by atoms with Crippen molar-refractivity contribution in [3.05, 3.63) is 42.4 Å². The highest BCUT2D eigenvalue weighted by Crippen LogP contribution is 2.21. The summed E-state index contributed by atoms with van der Waals surface area (Å²) in [6, 6.07) is 7.24. The smallest absolute Gasteiger partial charge is 0.106 e. The van der Waals surface area contributed by atoms with Crippen LogP contribution in [0.5, 0.6) is 0 Å². The molecule has 1 aromatic heterocycles. The normalized spacial score (nSPS) is 14.5. The summed E-state index contributed by atoms with van der Waals surface area (Å²) >= 11 is 0. The molecular weight excluding hydrogens is 218 g/mol. The van der Waals surface area contributed by atoms with Gasteiger partial charge in [-0.25, -0.2) is 4.98 Å². The highest BCUT2D eigenvalue weighted by Gasteiger charge is 2.16. The zero-order valence-electron chi connectivity index (χ0n) is 9.24. The van der Waals surface area contributed by atoms with E-state index in [1.165, 1.54) is 0 Å². The first-order valence-electron chi connectivity index (χ1n) is 5.37. The molecule has 0 saturated carbocycles. The molecule has 0 fully saturated rings. The highest BCUT2D eigenvalue weighted by atomic mass is 16.3. The molecule has 0 aliphatic heterocycles. The van der Waals surface area contributed by atoms with Gasteiger partial charge in [-0.1, -0.05) is 24.3 Å². The summed E-state index contributed by atoms with van der Waals surface area (Å²) in [5, 5.41) is 19.2. The van der Waals surface area contributed by atoms with E-state index in [2.05, 4.69) is 9.97 Å². The number of aromatic amines is 1. The molecule has 1 heterocycles. The van der Waals surface area contributed by atoms with Gasteiger partial charge in [0.1, 0.15) is 6.10 Å². The predicted molar refractivity (Wildman–Crippen MR) is 64.0 cm³/mol. The van der Waals surface area contributed by atoms with Crippen LogP contribution in [0.3, 0.4) is 0 Å². The minimum Gasteiger partial charge on any atom is -0.389 e. The van der Waals surface area contributed by atoms with Crippen LogP contribution >= 0.6 is 0 Å². The van der Waals surface area contributed by atoms with Crippen LogP contribution in [0.2, 0.25) is 0 Å². The van der Waals surface area contributed by atoms with Crippen LogP contribution in [0.4, 0.5) is 0 Å². The van der Waals surface area contributed by atoms with Crippen LogP contribution in [0.15, 0.2) is 36.8 Å². The second-order valence-corrected chi connectivity index (χ2v) is 3.84. The number of nitrogens with two attached hydrogens (primary N) is 1. The Bertz CT molecular complexity index is 453. The largest absolute Gasteiger partial charge is 0.389 e. The highest BCUT2D eigenvalue weighted by molar-refractivity contribution is 5.58. The monoisotopic (exact) mass is 233 g/mol. The van der Waals surface area contributed by atoms with Gasteiger partial charge in [0.25, 0.3) is 0 Å². The molecule has 90 valence electrons. The summed E-state index contributed by atoms with van der Waals surface area (Å²) in [7, 11) is 0. The van der Waals surface area contributed by atoms with Crippen molar-refractivity contribution < 1.29 is 10.2 Å². The molecule has 5 nitrogen and oxygen atoms in total. The molecule has 0 bridgehead atoms. The van der Waals surface area contributed by atoms with E-state index in [1.807, 2.05) is 12.1 Å². The molecule has 2 unspecified atom stereocenters. The van der Waals surface area contributed by atoms with Crippen molar-refractivity contribution in [2.45, 2.75) is 12.2 Å². The summed E-state index contributed by atoms with van der Waals surface area (Å²) in [6.45, 7) is 0.0312. The summed E-state index contributed by atoms with van der Waals surface area (Å²) < 4.78 is 0. The van der Waals surface area contributed by atoms with Crippen molar-refractivity contribution in [3.8, 4) is 11.3 Å². The van der Waals surface area contributed by atoms with Crippen molar-refractivity contribution in [1.82, 2.24) is 9.97 Å². The lowest BCUT2D eigenvalue weighted by Crippen LogP contribution is -2.27. The number of aromatic nitrogens is 2. The van der Waals surface area contributed by atoms with E-state index in [9.17, 15) is 10.2 Å². The minimum atomic E-state index is -0.948. The average molecular weight is 233 g/mol. The molecule has 1 aromatic carbocycles. The van der Waals surface area contributed by atoms with Crippen molar-refractivity contribution in [1.29, 1.82) is 0 Å². The third-order valence-electron chi connectivity index (χ3n) is 2.67. The Morgan fingerprint density at radius 2 is 1.94 bits per heavy atom. The van der Waals surface area contributed by atoms with Gasteiger partial charge in [0.15, 0.2) is 0 Å². The molecule has 0 aliphatic carbocycles. The first-order chi connectivity index (χ1) is 8.22. The van der Waals surface area contributed by atoms with Crippen LogP contribution in [0.1, 0.15) is 11.7 Å². The molecule has 2 rings (SSSR count). The third-order valence-corrected chi connectivity index (χ3v) is 2.67. The number of benzene rings is 1. The molecule has 0 saturated heterocycles. The van der Waals surface area contributed by atoms with Crippen LogP contribution < -0.4 is 5.73 Å². The Hall–Kier alpha value is -1.69. The number of H-pyrrole nitrogens is 1. The fourth-order valence-electron chi connectivity index (χ4n) is 1.62. The van der Waals surface area contributed by atoms with Gasteiger partial charge >= 0.3 is 0 Å². The van der Waals surface area contributed by atoms with Gasteiger partial charge in [-0.05, 0) is 11.1 Å². The zero-order valence-corrected chi connectivity index (χ0v) is 9.24. The molecule has 2 atom stereocenters. The second-order valence-electron chi connectivity index (χ2n) is 3.84. The van der Waals surface area contributed by atoms with E-state index < -0.39 is 12.2 Å². The van der Waals surface area contributed by atoms with Gasteiger partial charge in [0.05, 0.1) is 24.3 Å². The van der Waals surface area contributed by atoms with Gasteiger partial charge in [0, 0.05) is 6.54 Å². The summed E-state index contributed by atoms with van der Waals surface area (Å²) in [5.74, 6) is 0. The number of nitrogens with zero attached hydrogens (tertiary/aromatic N) is 1. The zero-order chi connectivity index (χ0) is 12.3. The number of aliphatic hydroxyl groups is 2. The Morgan fingerprint density at radius 3 is 2.47 bits per heavy atom. The number of aliphatic hydroxyl groups excluding tert-OH is 2. The number of hydrogen-bond acceptors (Lipinski definition) is 4. The number of nitrogens with one attached hydrogen (secondary N) is 1. The van der Waals surface area contributed by atoms with Gasteiger partial charge in [-0.2, -0.15) is 0 Å². The SMILES string of the molecule is NCC(O)C(O)c1ccc(-c2cnc[nH]2)cc1. The van der Waals surface area contributed by atoms with E-state index in [0.29, 0.717) is 5.56 Å². The molecule has 0 radical (unpaired) electrons. The average Bonchev–Trinajstić information content (AvgIpc) is 2.91. The molecule has 5 N–H and O–H groups in total. The van der Waals surface area contributed by atoms with Gasteiger partial charge in [0.2, 0.25) is 0 Å². The van der Waals surface area contributed by atoms with Gasteiger partial charge in [-0.3, -0.25) is 0 Å². The van der Waals surface area contributed by atoms with Crippen molar-refractivity contribution >= 4 is 0 Å². The van der Waals surface area contributed by atoms with E-state index in [-0.39, 0.29) is 6.54 Å². The predicted octanol–water partition coefficient (Wildman–Crippen LogP) is 0.430. The Morgan fingerprint density at radius 1 is 1.24 bits per heavy atom. The molecule has 0 aliphatic rings. The van der Waals surface area contributed by atoms with Crippen molar-refractivity contribution in [3.63, 3.8) is 0 Å². The molecular formula is C12H15N3O2. The van der Waals surface area contributed by atoms with Crippen LogP contribution in [-0.4, -0.2) is 32.8 Å². The Balaban J connectivity index is 2.18. The van der Waals surface area contributed by atoms with Crippen molar-refractivity contribution in [2.24, 2.45) is 5.73 Å². The van der Waals surface area contributed by atoms with Gasteiger partial charge < -0.3 is 20.9 Å². The Labute approximate surface area is 98.9 Å². The third kappa shape index (κ3) is 2.52. The van der Waals surface area contributed by atoms with Crippen LogP contribution in [0, 0.1) is 0 Å². The first kappa shape index (κ1) is 11.8. The number of hydrogen-bond donors (Lipinski definition) is 4. The molecule has 5 heteroatoms. The fourth-order valence-corrected chi connectivity index (χ4v) is 1.62. The van der Waals surface area contributed by atoms with Crippen LogP contribution in [-0.2, 0) is 0 Å². The molecule has 0 amide bonds. The topological polar surface area (TPSA) is 95.2 Å². The summed E-state index contributed by atoms with van der Waals surface area (Å²) in [4.78, 5) is 6.93. The van der Waals surface area contributed by atoms with E-state index >= 15 is 0 Å². The maximum Gasteiger partial charge on any atom is 0.106 e. The van der Waals surface area contributed by atoms with E-state index in [4.69, 9.17) is 5.73 Å². The van der Waals surface area contributed by atoms with Crippen LogP contribution in [0.25, 0.3) is 11.3 Å². The standard InChI is InChI=1S/C12H15N3O2/c13-5-11(16)12(17)9-3-1-8(2-4-9)10-6-14-7-15-10/h1-4,6-7,11-12,16-17H,5,13H2,(H,14,15). The minimum absolute atomic E-state index is 0.0312. The lowest BCUT2D eigenvalue weighted by atomic mass is 10.0. The number of imidazole rings is 1. The molecule has 17 heavy (non-hydrogen) atoms. The summed E-state index contributed by atoms with van der Waals surface area (Å²) in [6.07, 6.45) is 1.44. The van der Waals surface area contributed by atoms with E-state index in [1.54, 1.807) is 24.7 Å². The molecule has 2 aromatic rings. The Kier molecular flexibility index (Phi) is 3.53. The second kappa shape index (κ2) is 5.09. The van der Waals surface area contributed by atoms with Crippen molar-refractivity contribution in [2.75, 3.05) is 6.54 Å². The fraction of sp³-hybridized carbons (Fsp3) is 0.250. The number of rotatable bonds is 4. The quantitative estimate of drug-likeness (QED) is 0.616. The summed E-state index contributed by atoms with van der Waals surface area (Å²) in [5.41, 5.74) is 7.82. The first-order valence-corrected chi connectivity index (χ1v) is 5.37. The maximum atomic E-state index is 9.76.